The molecule has 624 valence electrons. The van der Waals surface area contributed by atoms with E-state index in [0.717, 1.165) is 22.0 Å². The molecule has 0 unspecified atom stereocenters. The summed E-state index contributed by atoms with van der Waals surface area (Å²) in [7, 11) is 2.84. The number of phenols is 1. The number of aromatic amines is 2. The standard InChI is InChI=1S/C77H99N23O16S/c1-5-52-68(108)94-56(28-46-18-12-17-45-16-10-11-19-51(45)46)71(111)95-57(29-47-32-81-40-87-47)66(106)86-36-64(104)90-60(37-101)74(114)93-54(20-13-25-84-77(79)80)76(116)100(4)62(27-44-21-23-50(102)24-22-44)75(115)97-58(30-48-33-82-41-88-48)72(112)92-53(6-2)69(109)96-59(31-49-34-83-42-99(49)3)73(113)98-61(67(107)85-35-63(78)103)38-117-39-65(105)89-55(70(110)91-52)26-43-14-8-7-9-15-43/h7-12,14-19,21-24,32-34,40-42,52-62,101-102H,5-6,13,20,25-31,35-39H2,1-4H3,(H2,78,103)(H,81,87)(H,82,88)(H,85,107)(H,86,106)(H,89,105)(H,90,104)(H,91,110)(H,92,112)(H,93,114)(H,94,108)(H,95,111)(H,96,109)(H,97,115)(H,98,113)(H4,79,80,84)/t52-,53+,54-,55-,56-,57-,58-,59-,60-,61-,62-/m0/s1. The van der Waals surface area contributed by atoms with Crippen LogP contribution in [0.25, 0.3) is 10.8 Å². The number of aliphatic hydroxyl groups excluding tert-OH is 1. The fourth-order valence-electron chi connectivity index (χ4n) is 12.6. The van der Waals surface area contributed by atoms with Crippen LogP contribution in [-0.4, -0.2) is 245 Å². The molecule has 1 aliphatic rings. The van der Waals surface area contributed by atoms with E-state index in [1.54, 1.807) is 67.1 Å². The van der Waals surface area contributed by atoms with Gasteiger partial charge in [-0.05, 0) is 65.3 Å². The van der Waals surface area contributed by atoms with Crippen molar-refractivity contribution in [3.8, 4) is 5.75 Å². The summed E-state index contributed by atoms with van der Waals surface area (Å²) in [6.45, 7) is 0.438. The Morgan fingerprint density at radius 3 is 1.66 bits per heavy atom. The van der Waals surface area contributed by atoms with Gasteiger partial charge in [-0.3, -0.25) is 72.5 Å². The summed E-state index contributed by atoms with van der Waals surface area (Å²) in [5, 5.41) is 64.1. The van der Waals surface area contributed by atoms with Gasteiger partial charge >= 0.3 is 0 Å². The number of guanidine groups is 1. The predicted molar refractivity (Wildman–Crippen MR) is 426 cm³/mol. The van der Waals surface area contributed by atoms with Crippen LogP contribution in [0.3, 0.4) is 0 Å². The monoisotopic (exact) mass is 1630 g/mol. The number of primary amides is 1. The molecule has 4 aromatic carbocycles. The highest BCUT2D eigenvalue weighted by Gasteiger charge is 2.39. The summed E-state index contributed by atoms with van der Waals surface area (Å²) in [5.41, 5.74) is 13.4. The molecular formula is C77H99N23O16S. The van der Waals surface area contributed by atoms with E-state index in [9.17, 15) is 63.0 Å². The van der Waals surface area contributed by atoms with Crippen LogP contribution in [0.5, 0.6) is 5.75 Å². The Hall–Kier alpha value is -13.3. The lowest BCUT2D eigenvalue weighted by atomic mass is 9.97. The number of fused-ring (bicyclic) bond motifs is 1. The molecule has 1 saturated heterocycles. The second kappa shape index (κ2) is 44.4. The Labute approximate surface area is 676 Å². The number of hydrogen-bond donors (Lipinski definition) is 20. The molecule has 1 aliphatic heterocycles. The molecule has 11 atom stereocenters. The second-order valence-electron chi connectivity index (χ2n) is 27.7. The lowest BCUT2D eigenvalue weighted by molar-refractivity contribution is -0.143. The van der Waals surface area contributed by atoms with Crippen LogP contribution in [0.15, 0.2) is 135 Å². The molecule has 4 heterocycles. The fraction of sp³-hybridized carbons (Fsp3) is 0.403. The molecule has 1 fully saturated rings. The molecule has 0 bridgehead atoms. The Morgan fingerprint density at radius 2 is 1.08 bits per heavy atom. The van der Waals surface area contributed by atoms with Crippen LogP contribution in [0, 0.1) is 5.41 Å². The zero-order valence-corrected chi connectivity index (χ0v) is 65.6. The molecule has 7 aromatic rings. The van der Waals surface area contributed by atoms with E-state index in [1.807, 2.05) is 24.3 Å². The lowest BCUT2D eigenvalue weighted by Gasteiger charge is -2.33. The molecule has 22 N–H and O–H groups in total. The number of nitrogens with zero attached hydrogens (tertiary/aromatic N) is 5. The number of aliphatic hydroxyl groups is 1. The summed E-state index contributed by atoms with van der Waals surface area (Å²) >= 11 is 0.817. The molecule has 40 heteroatoms. The maximum Gasteiger partial charge on any atom is 0.245 e. The van der Waals surface area contributed by atoms with Gasteiger partial charge < -0.3 is 110 Å². The van der Waals surface area contributed by atoms with E-state index >= 15 is 14.4 Å². The van der Waals surface area contributed by atoms with Crippen LogP contribution >= 0.6 is 11.8 Å². The zero-order chi connectivity index (χ0) is 84.7. The molecule has 0 aliphatic carbocycles. The minimum atomic E-state index is -1.83. The number of aromatic nitrogens is 6. The SMILES string of the molecule is CC[C@@H]1NC(=O)[C@H](Cc2ccccc2)NC(=O)CSC[C@@H](C(=O)NCC(N)=O)NC(=O)[C@H](Cc2cncn2C)NC(=O)[C@@H](CC)NC(=O)[C@H](Cc2c[nH]cn2)NC(=O)[C@H](Cc2ccc(O)cc2)N(C)C(=O)[C@H](CCCNC(=N)N)NC(=O)[C@H](CO)NC(=O)CNC(=O)[C@H](Cc2c[nH]cn2)NC(=O)[C@H](Cc2cccc3ccccc23)NC1=O. The van der Waals surface area contributed by atoms with E-state index in [4.69, 9.17) is 16.9 Å². The van der Waals surface area contributed by atoms with Gasteiger partial charge in [-0.25, -0.2) is 15.0 Å². The van der Waals surface area contributed by atoms with Gasteiger partial charge in [0.15, 0.2) is 5.96 Å². The molecule has 0 spiro atoms. The smallest absolute Gasteiger partial charge is 0.245 e. The molecule has 3 aromatic heterocycles. The number of rotatable bonds is 22. The van der Waals surface area contributed by atoms with Crippen LogP contribution in [0.4, 0.5) is 0 Å². The number of carbonyl (C=O) groups excluding carboxylic acids is 14. The number of carbonyl (C=O) groups is 14. The highest BCUT2D eigenvalue weighted by Crippen LogP contribution is 2.22. The van der Waals surface area contributed by atoms with Crippen molar-refractivity contribution < 1.29 is 77.3 Å². The number of aromatic hydroxyl groups is 1. The summed E-state index contributed by atoms with van der Waals surface area (Å²) in [4.78, 5) is 222. The number of imidazole rings is 3. The zero-order valence-electron chi connectivity index (χ0n) is 64.8. The first-order valence-electron chi connectivity index (χ1n) is 37.7. The number of H-pyrrole nitrogens is 2. The number of nitrogens with one attached hydrogen (secondary N) is 16. The number of amides is 14. The molecule has 117 heavy (non-hydrogen) atoms. The molecule has 14 amide bonds. The third-order valence-electron chi connectivity index (χ3n) is 19.0. The highest BCUT2D eigenvalue weighted by atomic mass is 32.2. The maximum absolute atomic E-state index is 15.2. The minimum absolute atomic E-state index is 0.0178. The molecule has 0 radical (unpaired) electrons. The summed E-state index contributed by atoms with van der Waals surface area (Å²) in [6, 6.07) is 9.61. The third kappa shape index (κ3) is 27.5. The van der Waals surface area contributed by atoms with Crippen molar-refractivity contribution in [1.82, 2.24) is 104 Å². The van der Waals surface area contributed by atoms with Crippen molar-refractivity contribution in [1.29, 1.82) is 5.41 Å². The molecule has 0 saturated carbocycles. The van der Waals surface area contributed by atoms with Crippen LogP contribution in [-0.2, 0) is 113 Å². The normalized spacial score (nSPS) is 22.2. The second-order valence-corrected chi connectivity index (χ2v) is 28.8. The fourth-order valence-corrected chi connectivity index (χ4v) is 13.5. The van der Waals surface area contributed by atoms with E-state index in [1.165, 1.54) is 75.8 Å². The number of aryl methyl sites for hydroxylation is 1. The van der Waals surface area contributed by atoms with Crippen molar-refractivity contribution in [2.24, 2.45) is 18.5 Å². The molecular weight excluding hydrogens is 1540 g/mol. The average molecular weight is 1630 g/mol. The van der Waals surface area contributed by atoms with Gasteiger partial charge in [0.2, 0.25) is 82.7 Å². The van der Waals surface area contributed by atoms with Gasteiger partial charge in [0.05, 0.1) is 55.8 Å². The van der Waals surface area contributed by atoms with E-state index in [-0.39, 0.29) is 93.6 Å². The van der Waals surface area contributed by atoms with Crippen molar-refractivity contribution in [2.75, 3.05) is 44.8 Å². The topological polar surface area (TPSA) is 590 Å². The van der Waals surface area contributed by atoms with E-state index in [2.05, 4.69) is 94.0 Å². The minimum Gasteiger partial charge on any atom is -0.508 e. The van der Waals surface area contributed by atoms with Gasteiger partial charge in [-0.15, -0.1) is 11.8 Å². The first-order chi connectivity index (χ1) is 56.1. The van der Waals surface area contributed by atoms with Gasteiger partial charge in [0.25, 0.3) is 0 Å². The Kier molecular flexibility index (Phi) is 33.9. The summed E-state index contributed by atoms with van der Waals surface area (Å²) in [5.74, 6) is -14.7. The number of thioether (sulfide) groups is 1. The number of nitrogens with two attached hydrogens (primary N) is 2. The van der Waals surface area contributed by atoms with Gasteiger partial charge in [-0.1, -0.05) is 98.8 Å². The number of hydrogen-bond acceptors (Lipinski definition) is 21. The van der Waals surface area contributed by atoms with Crippen LogP contribution in [0.2, 0.25) is 0 Å². The average Bonchev–Trinajstić information content (AvgIpc) is 1.81. The van der Waals surface area contributed by atoms with Crippen molar-refractivity contribution in [2.45, 2.75) is 145 Å². The van der Waals surface area contributed by atoms with Crippen molar-refractivity contribution in [3.63, 3.8) is 0 Å². The Morgan fingerprint density at radius 1 is 0.556 bits per heavy atom. The van der Waals surface area contributed by atoms with Crippen molar-refractivity contribution >= 4 is 111 Å². The number of likely N-dealkylation sites (N-methyl/N-ethyl adjacent to an activating group) is 1. The molecule has 39 nitrogen and oxygen atoms in total. The van der Waals surface area contributed by atoms with Crippen LogP contribution in [0.1, 0.15) is 73.3 Å². The van der Waals surface area contributed by atoms with Gasteiger partial charge in [0.1, 0.15) is 72.2 Å². The first kappa shape index (κ1) is 89.3. The molecule has 8 rings (SSSR count). The quantitative estimate of drug-likeness (QED) is 0.0173. The first-order valence-corrected chi connectivity index (χ1v) is 38.8. The van der Waals surface area contributed by atoms with Crippen LogP contribution < -0.4 is 80.6 Å². The van der Waals surface area contributed by atoms with E-state index in [0.29, 0.717) is 27.8 Å². The Balaban J connectivity index is 1.17. The summed E-state index contributed by atoms with van der Waals surface area (Å²) < 4.78 is 1.55. The predicted octanol–water partition coefficient (Wildman–Crippen LogP) is -4.30. The highest BCUT2D eigenvalue weighted by molar-refractivity contribution is 8.00. The van der Waals surface area contributed by atoms with E-state index < -0.39 is 181 Å². The maximum atomic E-state index is 15.2. The Bertz CT molecular complexity index is 4600. The lowest BCUT2D eigenvalue weighted by Crippen LogP contribution is -2.61. The van der Waals surface area contributed by atoms with Gasteiger partial charge in [-0.2, -0.15) is 0 Å². The third-order valence-corrected chi connectivity index (χ3v) is 20.1. The van der Waals surface area contributed by atoms with Crippen molar-refractivity contribution in [3.05, 3.63) is 168 Å². The number of benzene rings is 4. The largest absolute Gasteiger partial charge is 0.508 e. The number of phenolic OH excluding ortho intramolecular Hbond substituents is 1. The van der Waals surface area contributed by atoms with Gasteiger partial charge in [0, 0.05) is 89.2 Å². The summed E-state index contributed by atoms with van der Waals surface area (Å²) in [6.07, 6.45) is 6.33.